The second-order valence-corrected chi connectivity index (χ2v) is 4.09. The molecule has 2 heterocycles. The number of pyridine rings is 1. The molecule has 0 saturated carbocycles. The molecule has 0 spiro atoms. The molecule has 0 unspecified atom stereocenters. The number of aromatic nitrogens is 1. The molecule has 2 aromatic rings. The van der Waals surface area contributed by atoms with Gasteiger partial charge in [-0.05, 0) is 42.3 Å². The Morgan fingerprint density at radius 3 is 2.78 bits per heavy atom. The van der Waals surface area contributed by atoms with Gasteiger partial charge < -0.3 is 5.32 Å². The molecule has 1 aliphatic rings. The van der Waals surface area contributed by atoms with Crippen molar-refractivity contribution in [2.75, 3.05) is 13.1 Å². The fourth-order valence-electron chi connectivity index (χ4n) is 2.16. The van der Waals surface area contributed by atoms with E-state index < -0.39 is 0 Å². The predicted octanol–water partition coefficient (Wildman–Crippen LogP) is 3.46. The zero-order valence-corrected chi connectivity index (χ0v) is 11.6. The van der Waals surface area contributed by atoms with Gasteiger partial charge in [0.2, 0.25) is 0 Å². The molecule has 2 nitrogen and oxygen atoms in total. The van der Waals surface area contributed by atoms with Gasteiger partial charge in [0, 0.05) is 18.1 Å². The lowest BCUT2D eigenvalue weighted by Crippen LogP contribution is -2.19. The number of fused-ring (bicyclic) bond motifs is 1. The molecule has 0 bridgehead atoms. The van der Waals surface area contributed by atoms with Gasteiger partial charge in [-0.15, -0.1) is 24.8 Å². The lowest BCUT2D eigenvalue weighted by atomic mass is 9.99. The summed E-state index contributed by atoms with van der Waals surface area (Å²) in [7, 11) is 0. The first-order chi connectivity index (χ1) is 7.93. The summed E-state index contributed by atoms with van der Waals surface area (Å²) in [5, 5.41) is 4.55. The Labute approximate surface area is 119 Å². The van der Waals surface area contributed by atoms with Gasteiger partial charge in [-0.2, -0.15) is 0 Å². The molecule has 0 saturated heterocycles. The van der Waals surface area contributed by atoms with Crippen LogP contribution in [0.5, 0.6) is 0 Å². The summed E-state index contributed by atoms with van der Waals surface area (Å²) in [5.74, 6) is 0. The van der Waals surface area contributed by atoms with Gasteiger partial charge in [-0.1, -0.05) is 18.2 Å². The maximum atomic E-state index is 4.34. The standard InChI is InChI=1S/C14H14N2.2ClH/c1-2-13-10-12(3-4-14(13)16-7-1)11-5-8-15-9-6-11;;/h1-5,7,10,15H,6,8-9H2;2*1H. The molecule has 0 aliphatic carbocycles. The second kappa shape index (κ2) is 6.74. The fraction of sp³-hybridized carbons (Fsp3) is 0.214. The Morgan fingerprint density at radius 1 is 1.11 bits per heavy atom. The first-order valence-corrected chi connectivity index (χ1v) is 5.68. The molecule has 1 N–H and O–H groups in total. The summed E-state index contributed by atoms with van der Waals surface area (Å²) in [6.07, 6.45) is 5.23. The number of rotatable bonds is 1. The first-order valence-electron chi connectivity index (χ1n) is 5.68. The third-order valence-corrected chi connectivity index (χ3v) is 3.04. The van der Waals surface area contributed by atoms with Crippen molar-refractivity contribution in [3.63, 3.8) is 0 Å². The highest BCUT2D eigenvalue weighted by Crippen LogP contribution is 2.23. The molecular formula is C14H16Cl2N2. The van der Waals surface area contributed by atoms with Crippen LogP contribution in [0, 0.1) is 0 Å². The summed E-state index contributed by atoms with van der Waals surface area (Å²) in [5.41, 5.74) is 3.85. The van der Waals surface area contributed by atoms with Crippen molar-refractivity contribution >= 4 is 41.3 Å². The van der Waals surface area contributed by atoms with Crippen LogP contribution < -0.4 is 5.32 Å². The Kier molecular flexibility index (Phi) is 5.60. The third kappa shape index (κ3) is 3.02. The average Bonchev–Trinajstić information content (AvgIpc) is 2.39. The number of benzene rings is 1. The van der Waals surface area contributed by atoms with E-state index in [0.717, 1.165) is 25.0 Å². The molecule has 1 aromatic carbocycles. The van der Waals surface area contributed by atoms with E-state index in [-0.39, 0.29) is 24.8 Å². The third-order valence-electron chi connectivity index (χ3n) is 3.04. The van der Waals surface area contributed by atoms with Gasteiger partial charge in [0.05, 0.1) is 5.52 Å². The van der Waals surface area contributed by atoms with E-state index >= 15 is 0 Å². The molecule has 0 radical (unpaired) electrons. The normalized spacial score (nSPS) is 14.3. The van der Waals surface area contributed by atoms with Crippen LogP contribution in [-0.4, -0.2) is 18.1 Å². The lowest BCUT2D eigenvalue weighted by Gasteiger charge is -2.14. The number of halogens is 2. The van der Waals surface area contributed by atoms with Crippen LogP contribution in [0.4, 0.5) is 0 Å². The van der Waals surface area contributed by atoms with E-state index in [1.54, 1.807) is 0 Å². The van der Waals surface area contributed by atoms with Crippen molar-refractivity contribution in [3.05, 3.63) is 48.2 Å². The van der Waals surface area contributed by atoms with Crippen LogP contribution in [-0.2, 0) is 0 Å². The molecule has 18 heavy (non-hydrogen) atoms. The summed E-state index contributed by atoms with van der Waals surface area (Å²) >= 11 is 0. The molecule has 0 atom stereocenters. The SMILES string of the molecule is C1=C(c2ccc3ncccc3c2)CCNC1.Cl.Cl. The largest absolute Gasteiger partial charge is 0.313 e. The van der Waals surface area contributed by atoms with E-state index in [2.05, 4.69) is 40.6 Å². The van der Waals surface area contributed by atoms with Crippen molar-refractivity contribution in [1.82, 2.24) is 10.3 Å². The van der Waals surface area contributed by atoms with Crippen molar-refractivity contribution in [3.8, 4) is 0 Å². The van der Waals surface area contributed by atoms with Crippen LogP contribution in [0.25, 0.3) is 16.5 Å². The van der Waals surface area contributed by atoms with E-state index in [1.807, 2.05) is 12.3 Å². The average molecular weight is 283 g/mol. The van der Waals surface area contributed by atoms with Crippen LogP contribution in [0.3, 0.4) is 0 Å². The summed E-state index contributed by atoms with van der Waals surface area (Å²) in [6, 6.07) is 10.6. The van der Waals surface area contributed by atoms with Gasteiger partial charge in [-0.25, -0.2) is 0 Å². The van der Waals surface area contributed by atoms with Crippen molar-refractivity contribution < 1.29 is 0 Å². The maximum absolute atomic E-state index is 4.34. The van der Waals surface area contributed by atoms with Gasteiger partial charge in [-0.3, -0.25) is 4.98 Å². The highest BCUT2D eigenvalue weighted by Gasteiger charge is 2.06. The van der Waals surface area contributed by atoms with Gasteiger partial charge in [0.15, 0.2) is 0 Å². The second-order valence-electron chi connectivity index (χ2n) is 4.09. The number of nitrogens with zero attached hydrogens (tertiary/aromatic N) is 1. The molecule has 1 aromatic heterocycles. The van der Waals surface area contributed by atoms with E-state index in [0.29, 0.717) is 0 Å². The fourth-order valence-corrected chi connectivity index (χ4v) is 2.16. The molecule has 96 valence electrons. The molecule has 3 rings (SSSR count). The highest BCUT2D eigenvalue weighted by atomic mass is 35.5. The first kappa shape index (κ1) is 15.0. The lowest BCUT2D eigenvalue weighted by molar-refractivity contribution is 0.739. The van der Waals surface area contributed by atoms with Gasteiger partial charge in [0.25, 0.3) is 0 Å². The Bertz CT molecular complexity index is 552. The highest BCUT2D eigenvalue weighted by molar-refractivity contribution is 5.85. The van der Waals surface area contributed by atoms with E-state index in [9.17, 15) is 0 Å². The topological polar surface area (TPSA) is 24.9 Å². The molecule has 0 amide bonds. The van der Waals surface area contributed by atoms with E-state index in [4.69, 9.17) is 0 Å². The molecule has 4 heteroatoms. The summed E-state index contributed by atoms with van der Waals surface area (Å²) < 4.78 is 0. The molecule has 0 fully saturated rings. The number of nitrogens with one attached hydrogen (secondary N) is 1. The van der Waals surface area contributed by atoms with Crippen LogP contribution in [0.15, 0.2) is 42.6 Å². The Hall–Kier alpha value is -1.09. The molecular weight excluding hydrogens is 267 g/mol. The van der Waals surface area contributed by atoms with Gasteiger partial charge >= 0.3 is 0 Å². The van der Waals surface area contributed by atoms with Crippen LogP contribution >= 0.6 is 24.8 Å². The van der Waals surface area contributed by atoms with Crippen LogP contribution in [0.2, 0.25) is 0 Å². The number of hydrogen-bond acceptors (Lipinski definition) is 2. The molecule has 1 aliphatic heterocycles. The van der Waals surface area contributed by atoms with Crippen LogP contribution in [0.1, 0.15) is 12.0 Å². The Morgan fingerprint density at radius 2 is 2.00 bits per heavy atom. The quantitative estimate of drug-likeness (QED) is 0.867. The zero-order chi connectivity index (χ0) is 10.8. The predicted molar refractivity (Wildman–Crippen MR) is 81.7 cm³/mol. The van der Waals surface area contributed by atoms with Crippen molar-refractivity contribution in [2.45, 2.75) is 6.42 Å². The van der Waals surface area contributed by atoms with Gasteiger partial charge in [0.1, 0.15) is 0 Å². The summed E-state index contributed by atoms with van der Waals surface area (Å²) in [6.45, 7) is 2.07. The monoisotopic (exact) mass is 282 g/mol. The summed E-state index contributed by atoms with van der Waals surface area (Å²) in [4.78, 5) is 4.34. The maximum Gasteiger partial charge on any atom is 0.0702 e. The van der Waals surface area contributed by atoms with Crippen molar-refractivity contribution in [2.24, 2.45) is 0 Å². The van der Waals surface area contributed by atoms with Crippen molar-refractivity contribution in [1.29, 1.82) is 0 Å². The smallest absolute Gasteiger partial charge is 0.0702 e. The zero-order valence-electron chi connectivity index (χ0n) is 9.93. The minimum Gasteiger partial charge on any atom is -0.313 e. The minimum absolute atomic E-state index is 0. The Balaban J connectivity index is 0.000000810. The minimum atomic E-state index is 0. The number of hydrogen-bond donors (Lipinski definition) is 1. The van der Waals surface area contributed by atoms with E-state index in [1.165, 1.54) is 16.5 Å².